The molecule has 2 aromatic rings. The Morgan fingerprint density at radius 1 is 1.08 bits per heavy atom. The van der Waals surface area contributed by atoms with Gasteiger partial charge in [-0.1, -0.05) is 29.3 Å². The van der Waals surface area contributed by atoms with Crippen LogP contribution in [0.3, 0.4) is 0 Å². The highest BCUT2D eigenvalue weighted by molar-refractivity contribution is 5.91. The first-order valence-corrected chi connectivity index (χ1v) is 8.34. The number of rotatable bonds is 7. The molecule has 0 aliphatic heterocycles. The van der Waals surface area contributed by atoms with Crippen molar-refractivity contribution in [1.82, 2.24) is 0 Å². The zero-order valence-electron chi connectivity index (χ0n) is 15.0. The zero-order valence-corrected chi connectivity index (χ0v) is 15.0. The topological polar surface area (TPSA) is 42.8 Å². The average Bonchev–Trinajstić information content (AvgIpc) is 2.54. The number of carbonyl (C=O) groups excluding carboxylic acids is 1. The van der Waals surface area contributed by atoms with Crippen LogP contribution in [0.15, 0.2) is 42.5 Å². The van der Waals surface area contributed by atoms with Crippen LogP contribution in [0.2, 0.25) is 0 Å². The summed E-state index contributed by atoms with van der Waals surface area (Å²) in [6.07, 6.45) is 0. The first-order valence-electron chi connectivity index (χ1n) is 8.34. The van der Waals surface area contributed by atoms with Gasteiger partial charge in [-0.05, 0) is 45.0 Å². The number of hydrogen-bond donors (Lipinski definition) is 2. The maximum absolute atomic E-state index is 12.3. The number of amides is 1. The monoisotopic (exact) mass is 327 g/mol. The van der Waals surface area contributed by atoms with E-state index in [1.165, 1.54) is 21.6 Å². The van der Waals surface area contributed by atoms with E-state index in [9.17, 15) is 4.79 Å². The molecular weight excluding hydrogens is 300 g/mol. The van der Waals surface area contributed by atoms with Crippen molar-refractivity contribution >= 4 is 11.6 Å². The third-order valence-corrected chi connectivity index (χ3v) is 4.02. The lowest BCUT2D eigenvalue weighted by Crippen LogP contribution is -3.11. The van der Waals surface area contributed by atoms with Gasteiger partial charge in [-0.15, -0.1) is 0 Å². The maximum atomic E-state index is 12.3. The van der Waals surface area contributed by atoms with Crippen molar-refractivity contribution in [3.8, 4) is 5.75 Å². The molecular formula is C20H27N2O2+. The molecule has 4 heteroatoms. The standard InChI is InChI=1S/C20H26N2O2/c1-5-22(13-17-11-15(2)10-16(3)12-17)14-20(23)21-18-6-8-19(24-4)9-7-18/h6-12H,5,13-14H2,1-4H3,(H,21,23)/p+1. The minimum Gasteiger partial charge on any atom is -0.497 e. The van der Waals surface area contributed by atoms with Crippen molar-refractivity contribution in [3.63, 3.8) is 0 Å². The Labute approximate surface area is 144 Å². The van der Waals surface area contributed by atoms with Crippen LogP contribution in [0.5, 0.6) is 5.75 Å². The molecule has 0 spiro atoms. The van der Waals surface area contributed by atoms with E-state index >= 15 is 0 Å². The van der Waals surface area contributed by atoms with Crippen molar-refractivity contribution in [2.75, 3.05) is 25.5 Å². The third kappa shape index (κ3) is 5.39. The maximum Gasteiger partial charge on any atom is 0.279 e. The summed E-state index contributed by atoms with van der Waals surface area (Å²) in [5.41, 5.74) is 4.61. The molecule has 2 N–H and O–H groups in total. The van der Waals surface area contributed by atoms with Gasteiger partial charge < -0.3 is 15.0 Å². The van der Waals surface area contributed by atoms with Crippen LogP contribution < -0.4 is 15.0 Å². The molecule has 0 saturated heterocycles. The van der Waals surface area contributed by atoms with Crippen LogP contribution in [0.25, 0.3) is 0 Å². The second kappa shape index (κ2) is 8.50. The van der Waals surface area contributed by atoms with Gasteiger partial charge >= 0.3 is 0 Å². The van der Waals surface area contributed by atoms with Gasteiger partial charge in [0.05, 0.1) is 13.7 Å². The molecule has 0 saturated carbocycles. The van der Waals surface area contributed by atoms with Gasteiger partial charge in [0.25, 0.3) is 5.91 Å². The van der Waals surface area contributed by atoms with E-state index in [1.54, 1.807) is 7.11 Å². The highest BCUT2D eigenvalue weighted by Gasteiger charge is 2.14. The number of aryl methyl sites for hydroxylation is 2. The lowest BCUT2D eigenvalue weighted by Gasteiger charge is -2.18. The highest BCUT2D eigenvalue weighted by atomic mass is 16.5. The molecule has 0 heterocycles. The first kappa shape index (κ1) is 18.0. The first-order chi connectivity index (χ1) is 11.5. The van der Waals surface area contributed by atoms with E-state index in [-0.39, 0.29) is 5.91 Å². The number of ether oxygens (including phenoxy) is 1. The number of anilines is 1. The molecule has 0 aliphatic carbocycles. The molecule has 0 aliphatic rings. The van der Waals surface area contributed by atoms with Crippen LogP contribution in [0.4, 0.5) is 5.69 Å². The summed E-state index contributed by atoms with van der Waals surface area (Å²) in [6.45, 7) is 8.54. The Kier molecular flexibility index (Phi) is 6.38. The van der Waals surface area contributed by atoms with Crippen molar-refractivity contribution in [1.29, 1.82) is 0 Å². The van der Waals surface area contributed by atoms with Crippen molar-refractivity contribution in [2.24, 2.45) is 0 Å². The minimum atomic E-state index is 0.0291. The fourth-order valence-electron chi connectivity index (χ4n) is 2.88. The fraction of sp³-hybridized carbons (Fsp3) is 0.350. The average molecular weight is 327 g/mol. The molecule has 24 heavy (non-hydrogen) atoms. The summed E-state index contributed by atoms with van der Waals surface area (Å²) in [6, 6.07) is 14.0. The Bertz CT molecular complexity index is 660. The van der Waals surface area contributed by atoms with E-state index in [1.807, 2.05) is 24.3 Å². The van der Waals surface area contributed by atoms with Gasteiger partial charge in [-0.3, -0.25) is 4.79 Å². The summed E-state index contributed by atoms with van der Waals surface area (Å²) in [5.74, 6) is 0.810. The Morgan fingerprint density at radius 2 is 1.71 bits per heavy atom. The highest BCUT2D eigenvalue weighted by Crippen LogP contribution is 2.14. The smallest absolute Gasteiger partial charge is 0.279 e. The molecule has 1 unspecified atom stereocenters. The Morgan fingerprint density at radius 3 is 2.25 bits per heavy atom. The van der Waals surface area contributed by atoms with E-state index in [0.717, 1.165) is 24.5 Å². The van der Waals surface area contributed by atoms with Crippen LogP contribution >= 0.6 is 0 Å². The van der Waals surface area contributed by atoms with E-state index in [2.05, 4.69) is 44.3 Å². The lowest BCUT2D eigenvalue weighted by atomic mass is 10.1. The minimum absolute atomic E-state index is 0.0291. The number of quaternary nitrogens is 1. The normalized spacial score (nSPS) is 11.8. The predicted molar refractivity (Wildman–Crippen MR) is 97.6 cm³/mol. The molecule has 0 fully saturated rings. The van der Waals surface area contributed by atoms with Crippen LogP contribution in [0.1, 0.15) is 23.6 Å². The summed E-state index contributed by atoms with van der Waals surface area (Å²) < 4.78 is 5.12. The van der Waals surface area contributed by atoms with Crippen molar-refractivity contribution < 1.29 is 14.4 Å². The van der Waals surface area contributed by atoms with Crippen molar-refractivity contribution in [3.05, 3.63) is 59.2 Å². The summed E-state index contributed by atoms with van der Waals surface area (Å²) >= 11 is 0. The molecule has 1 amide bonds. The second-order valence-corrected chi connectivity index (χ2v) is 6.23. The van der Waals surface area contributed by atoms with Gasteiger partial charge in [-0.25, -0.2) is 0 Å². The summed E-state index contributed by atoms with van der Waals surface area (Å²) in [7, 11) is 1.63. The van der Waals surface area contributed by atoms with E-state index < -0.39 is 0 Å². The van der Waals surface area contributed by atoms with Crippen LogP contribution in [0, 0.1) is 13.8 Å². The zero-order chi connectivity index (χ0) is 17.5. The lowest BCUT2D eigenvalue weighted by molar-refractivity contribution is -0.903. The SMILES string of the molecule is CC[NH+](CC(=O)Nc1ccc(OC)cc1)Cc1cc(C)cc(C)c1. The molecule has 0 radical (unpaired) electrons. The van der Waals surface area contributed by atoms with Gasteiger partial charge in [0.15, 0.2) is 6.54 Å². The number of likely N-dealkylation sites (N-methyl/N-ethyl adjacent to an activating group) is 1. The number of hydrogen-bond acceptors (Lipinski definition) is 2. The molecule has 128 valence electrons. The molecule has 1 atom stereocenters. The van der Waals surface area contributed by atoms with Crippen LogP contribution in [-0.4, -0.2) is 26.1 Å². The molecule has 0 aromatic heterocycles. The Balaban J connectivity index is 1.94. The molecule has 2 rings (SSSR count). The van der Waals surface area contributed by atoms with Crippen LogP contribution in [-0.2, 0) is 11.3 Å². The largest absolute Gasteiger partial charge is 0.497 e. The predicted octanol–water partition coefficient (Wildman–Crippen LogP) is 2.36. The van der Waals surface area contributed by atoms with Gasteiger partial charge in [0.2, 0.25) is 0 Å². The van der Waals surface area contributed by atoms with Gasteiger partial charge in [0, 0.05) is 11.3 Å². The number of benzene rings is 2. The summed E-state index contributed by atoms with van der Waals surface area (Å²) in [4.78, 5) is 13.5. The Hall–Kier alpha value is -2.33. The van der Waals surface area contributed by atoms with E-state index in [4.69, 9.17) is 4.74 Å². The molecule has 0 bridgehead atoms. The molecule has 4 nitrogen and oxygen atoms in total. The van der Waals surface area contributed by atoms with E-state index in [0.29, 0.717) is 6.54 Å². The summed E-state index contributed by atoms with van der Waals surface area (Å²) in [5, 5.41) is 2.95. The second-order valence-electron chi connectivity index (χ2n) is 6.23. The molecule has 2 aromatic carbocycles. The van der Waals surface area contributed by atoms with Crippen molar-refractivity contribution in [2.45, 2.75) is 27.3 Å². The van der Waals surface area contributed by atoms with Gasteiger partial charge in [-0.2, -0.15) is 0 Å². The number of nitrogens with one attached hydrogen (secondary N) is 2. The van der Waals surface area contributed by atoms with Gasteiger partial charge in [0.1, 0.15) is 12.3 Å². The third-order valence-electron chi connectivity index (χ3n) is 4.02. The number of methoxy groups -OCH3 is 1. The fourth-order valence-corrected chi connectivity index (χ4v) is 2.88. The number of carbonyl (C=O) groups is 1. The quantitative estimate of drug-likeness (QED) is 0.820.